The maximum Gasteiger partial charge on any atom is 0.119 e. The van der Waals surface area contributed by atoms with Crippen LogP contribution < -0.4 is 10.1 Å². The molecule has 1 unspecified atom stereocenters. The number of hydrogen-bond donors (Lipinski definition) is 1. The van der Waals surface area contributed by atoms with Gasteiger partial charge in [-0.05, 0) is 37.1 Å². The fourth-order valence-electron chi connectivity index (χ4n) is 2.15. The standard InChI is InChI=1S/C14H21NO2/c1-16-14-7-4-5-12(9-14)10-17-11-13-6-2-3-8-15-13/h4-5,7,9,13,15H,2-3,6,8,10-11H2,1H3. The normalized spacial score (nSPS) is 20.2. The Labute approximate surface area is 103 Å². The molecule has 1 fully saturated rings. The zero-order chi connectivity index (χ0) is 11.9. The van der Waals surface area contributed by atoms with E-state index in [4.69, 9.17) is 9.47 Å². The molecule has 1 aliphatic heterocycles. The van der Waals surface area contributed by atoms with Gasteiger partial charge in [-0.25, -0.2) is 0 Å². The van der Waals surface area contributed by atoms with E-state index in [9.17, 15) is 0 Å². The molecule has 17 heavy (non-hydrogen) atoms. The number of hydrogen-bond acceptors (Lipinski definition) is 3. The molecule has 1 aromatic rings. The van der Waals surface area contributed by atoms with Crippen molar-refractivity contribution in [3.8, 4) is 5.75 Å². The highest BCUT2D eigenvalue weighted by Crippen LogP contribution is 2.14. The number of benzene rings is 1. The molecule has 0 saturated carbocycles. The van der Waals surface area contributed by atoms with Crippen molar-refractivity contribution in [1.82, 2.24) is 5.32 Å². The largest absolute Gasteiger partial charge is 0.497 e. The Kier molecular flexibility index (Phi) is 4.83. The maximum atomic E-state index is 5.74. The predicted molar refractivity (Wildman–Crippen MR) is 68.3 cm³/mol. The van der Waals surface area contributed by atoms with E-state index in [-0.39, 0.29) is 0 Å². The molecule has 0 aliphatic carbocycles. The summed E-state index contributed by atoms with van der Waals surface area (Å²) in [4.78, 5) is 0. The molecule has 1 aromatic carbocycles. The van der Waals surface area contributed by atoms with Crippen molar-refractivity contribution >= 4 is 0 Å². The zero-order valence-corrected chi connectivity index (χ0v) is 10.4. The lowest BCUT2D eigenvalue weighted by atomic mass is 10.1. The molecule has 1 N–H and O–H groups in total. The molecular weight excluding hydrogens is 214 g/mol. The fraction of sp³-hybridized carbons (Fsp3) is 0.571. The van der Waals surface area contributed by atoms with E-state index in [0.29, 0.717) is 12.6 Å². The molecule has 3 nitrogen and oxygen atoms in total. The molecule has 94 valence electrons. The Balaban J connectivity index is 1.73. The minimum atomic E-state index is 0.536. The van der Waals surface area contributed by atoms with Gasteiger partial charge in [0.15, 0.2) is 0 Å². The summed E-state index contributed by atoms with van der Waals surface area (Å²) in [7, 11) is 1.69. The first-order chi connectivity index (χ1) is 8.38. The quantitative estimate of drug-likeness (QED) is 0.850. The molecule has 0 aromatic heterocycles. The van der Waals surface area contributed by atoms with E-state index in [1.807, 2.05) is 18.2 Å². The first-order valence-electron chi connectivity index (χ1n) is 6.32. The summed E-state index contributed by atoms with van der Waals surface area (Å²) in [5, 5.41) is 3.48. The number of methoxy groups -OCH3 is 1. The summed E-state index contributed by atoms with van der Waals surface area (Å²) in [6, 6.07) is 8.57. The van der Waals surface area contributed by atoms with Gasteiger partial charge >= 0.3 is 0 Å². The van der Waals surface area contributed by atoms with Crippen LogP contribution in [0.5, 0.6) is 5.75 Å². The molecule has 1 aliphatic rings. The minimum Gasteiger partial charge on any atom is -0.497 e. The fourth-order valence-corrected chi connectivity index (χ4v) is 2.15. The maximum absolute atomic E-state index is 5.74. The number of piperidine rings is 1. The molecule has 0 amide bonds. The Bertz CT molecular complexity index is 335. The van der Waals surface area contributed by atoms with Crippen molar-refractivity contribution in [3.63, 3.8) is 0 Å². The summed E-state index contributed by atoms with van der Waals surface area (Å²) in [6.07, 6.45) is 3.85. The second-order valence-electron chi connectivity index (χ2n) is 4.51. The first kappa shape index (κ1) is 12.4. The lowest BCUT2D eigenvalue weighted by molar-refractivity contribution is 0.0910. The second-order valence-corrected chi connectivity index (χ2v) is 4.51. The van der Waals surface area contributed by atoms with Crippen molar-refractivity contribution in [2.24, 2.45) is 0 Å². The van der Waals surface area contributed by atoms with Crippen LogP contribution in [0.3, 0.4) is 0 Å². The number of nitrogens with one attached hydrogen (secondary N) is 1. The molecule has 0 spiro atoms. The van der Waals surface area contributed by atoms with Crippen LogP contribution in [0.1, 0.15) is 24.8 Å². The Morgan fingerprint density at radius 3 is 3.06 bits per heavy atom. The van der Waals surface area contributed by atoms with Crippen LogP contribution in [0.4, 0.5) is 0 Å². The van der Waals surface area contributed by atoms with Gasteiger partial charge in [0.25, 0.3) is 0 Å². The molecule has 1 atom stereocenters. The Hall–Kier alpha value is -1.06. The van der Waals surface area contributed by atoms with E-state index < -0.39 is 0 Å². The Morgan fingerprint density at radius 1 is 1.35 bits per heavy atom. The average molecular weight is 235 g/mol. The van der Waals surface area contributed by atoms with Crippen molar-refractivity contribution in [3.05, 3.63) is 29.8 Å². The van der Waals surface area contributed by atoms with Crippen LogP contribution in [0, 0.1) is 0 Å². The van der Waals surface area contributed by atoms with E-state index in [2.05, 4.69) is 11.4 Å². The highest BCUT2D eigenvalue weighted by Gasteiger charge is 2.12. The second kappa shape index (κ2) is 6.62. The number of ether oxygens (including phenoxy) is 2. The van der Waals surface area contributed by atoms with Crippen LogP contribution in [0.2, 0.25) is 0 Å². The SMILES string of the molecule is COc1cccc(COCC2CCCCN2)c1. The molecule has 1 saturated heterocycles. The monoisotopic (exact) mass is 235 g/mol. The van der Waals surface area contributed by atoms with Gasteiger partial charge in [-0.15, -0.1) is 0 Å². The van der Waals surface area contributed by atoms with E-state index >= 15 is 0 Å². The van der Waals surface area contributed by atoms with Gasteiger partial charge in [0.1, 0.15) is 5.75 Å². The summed E-state index contributed by atoms with van der Waals surface area (Å²) in [6.45, 7) is 2.60. The van der Waals surface area contributed by atoms with Crippen LogP contribution in [-0.2, 0) is 11.3 Å². The summed E-state index contributed by atoms with van der Waals surface area (Å²) < 4.78 is 10.9. The lowest BCUT2D eigenvalue weighted by Gasteiger charge is -2.23. The van der Waals surface area contributed by atoms with Crippen LogP contribution >= 0.6 is 0 Å². The third kappa shape index (κ3) is 4.02. The topological polar surface area (TPSA) is 30.5 Å². The number of rotatable bonds is 5. The van der Waals surface area contributed by atoms with Crippen molar-refractivity contribution in [2.75, 3.05) is 20.3 Å². The van der Waals surface area contributed by atoms with Gasteiger partial charge in [0, 0.05) is 6.04 Å². The van der Waals surface area contributed by atoms with Gasteiger partial charge < -0.3 is 14.8 Å². The van der Waals surface area contributed by atoms with Crippen molar-refractivity contribution < 1.29 is 9.47 Å². The van der Waals surface area contributed by atoms with Gasteiger partial charge in [-0.2, -0.15) is 0 Å². The molecule has 0 bridgehead atoms. The molecule has 2 rings (SSSR count). The summed E-state index contributed by atoms with van der Waals surface area (Å²) >= 11 is 0. The highest BCUT2D eigenvalue weighted by atomic mass is 16.5. The van der Waals surface area contributed by atoms with E-state index in [0.717, 1.165) is 18.9 Å². The summed E-state index contributed by atoms with van der Waals surface area (Å²) in [5.74, 6) is 0.891. The molecule has 3 heteroatoms. The van der Waals surface area contributed by atoms with Gasteiger partial charge in [0.05, 0.1) is 20.3 Å². The first-order valence-corrected chi connectivity index (χ1v) is 6.32. The molecule has 0 radical (unpaired) electrons. The third-order valence-corrected chi connectivity index (χ3v) is 3.13. The average Bonchev–Trinajstić information content (AvgIpc) is 2.40. The van der Waals surface area contributed by atoms with Crippen LogP contribution in [0.15, 0.2) is 24.3 Å². The van der Waals surface area contributed by atoms with Crippen LogP contribution in [-0.4, -0.2) is 26.3 Å². The van der Waals surface area contributed by atoms with Gasteiger partial charge in [-0.1, -0.05) is 18.6 Å². The van der Waals surface area contributed by atoms with E-state index in [1.165, 1.54) is 24.8 Å². The van der Waals surface area contributed by atoms with Gasteiger partial charge in [-0.3, -0.25) is 0 Å². The third-order valence-electron chi connectivity index (χ3n) is 3.13. The Morgan fingerprint density at radius 2 is 2.29 bits per heavy atom. The summed E-state index contributed by atoms with van der Waals surface area (Å²) in [5.41, 5.74) is 1.17. The minimum absolute atomic E-state index is 0.536. The predicted octanol–water partition coefficient (Wildman–Crippen LogP) is 2.35. The highest BCUT2D eigenvalue weighted by molar-refractivity contribution is 5.27. The van der Waals surface area contributed by atoms with E-state index in [1.54, 1.807) is 7.11 Å². The van der Waals surface area contributed by atoms with Crippen molar-refractivity contribution in [1.29, 1.82) is 0 Å². The molecule has 1 heterocycles. The zero-order valence-electron chi connectivity index (χ0n) is 10.4. The smallest absolute Gasteiger partial charge is 0.119 e. The lowest BCUT2D eigenvalue weighted by Crippen LogP contribution is -2.37. The van der Waals surface area contributed by atoms with Gasteiger partial charge in [0.2, 0.25) is 0 Å². The van der Waals surface area contributed by atoms with Crippen molar-refractivity contribution in [2.45, 2.75) is 31.9 Å². The van der Waals surface area contributed by atoms with Crippen LogP contribution in [0.25, 0.3) is 0 Å². The molecular formula is C14H21NO2.